The molecule has 7 nitrogen and oxygen atoms in total. The van der Waals surface area contributed by atoms with Gasteiger partial charge >= 0.3 is 6.09 Å². The number of aryl methyl sites for hydroxylation is 1. The molecule has 1 aliphatic heterocycles. The van der Waals surface area contributed by atoms with Crippen LogP contribution in [0.2, 0.25) is 0 Å². The van der Waals surface area contributed by atoms with Crippen molar-refractivity contribution in [2.45, 2.75) is 39.3 Å². The van der Waals surface area contributed by atoms with Crippen LogP contribution >= 0.6 is 0 Å². The molecule has 158 valence electrons. The van der Waals surface area contributed by atoms with E-state index in [1.54, 1.807) is 13.8 Å². The second kappa shape index (κ2) is 9.43. The van der Waals surface area contributed by atoms with E-state index in [0.29, 0.717) is 12.8 Å². The van der Waals surface area contributed by atoms with Crippen molar-refractivity contribution in [3.63, 3.8) is 0 Å². The molecule has 2 aromatic carbocycles. The summed E-state index contributed by atoms with van der Waals surface area (Å²) in [6, 6.07) is 16.3. The molecule has 0 unspecified atom stereocenters. The zero-order valence-corrected chi connectivity index (χ0v) is 17.2. The van der Waals surface area contributed by atoms with Gasteiger partial charge in [0, 0.05) is 12.2 Å². The van der Waals surface area contributed by atoms with Crippen molar-refractivity contribution in [3.8, 4) is 0 Å². The number of alkyl carbamates (subject to hydrolysis) is 1. The number of carbonyl (C=O) groups excluding carboxylic acids is 3. The molecule has 1 aliphatic rings. The fourth-order valence-corrected chi connectivity index (χ4v) is 3.15. The Bertz CT molecular complexity index is 912. The van der Waals surface area contributed by atoms with Gasteiger partial charge in [-0.05, 0) is 43.9 Å². The maximum Gasteiger partial charge on any atom is 0.407 e. The Kier molecular flexibility index (Phi) is 6.72. The predicted octanol–water partition coefficient (Wildman–Crippen LogP) is 3.01. The number of amides is 3. The third-order valence-corrected chi connectivity index (χ3v) is 5.10. The molecule has 0 aromatic heterocycles. The largest absolute Gasteiger partial charge is 0.445 e. The number of fused-ring (bicyclic) bond motifs is 1. The third-order valence-electron chi connectivity index (χ3n) is 5.10. The Balaban J connectivity index is 1.49. The first-order chi connectivity index (χ1) is 14.3. The Morgan fingerprint density at radius 3 is 2.57 bits per heavy atom. The summed E-state index contributed by atoms with van der Waals surface area (Å²) >= 11 is 0. The Morgan fingerprint density at radius 1 is 1.10 bits per heavy atom. The first-order valence-corrected chi connectivity index (χ1v) is 9.99. The normalized spacial score (nSPS) is 15.9. The molecular formula is C23H27N3O4. The minimum Gasteiger partial charge on any atom is -0.445 e. The van der Waals surface area contributed by atoms with Gasteiger partial charge in [-0.15, -0.1) is 0 Å². The Morgan fingerprint density at radius 2 is 1.80 bits per heavy atom. The van der Waals surface area contributed by atoms with Gasteiger partial charge in [-0.1, -0.05) is 48.5 Å². The van der Waals surface area contributed by atoms with Crippen molar-refractivity contribution in [3.05, 3.63) is 65.7 Å². The van der Waals surface area contributed by atoms with E-state index in [0.717, 1.165) is 16.8 Å². The number of rotatable bonds is 6. The van der Waals surface area contributed by atoms with E-state index in [1.165, 1.54) is 0 Å². The summed E-state index contributed by atoms with van der Waals surface area (Å²) < 4.78 is 5.18. The van der Waals surface area contributed by atoms with Crippen LogP contribution in [0, 0.1) is 5.41 Å². The molecule has 0 radical (unpaired) electrons. The van der Waals surface area contributed by atoms with Gasteiger partial charge < -0.3 is 20.7 Å². The SMILES string of the molecule is CC(C)(CNC(=O)OCc1ccccc1)C(=O)N[C@@H]1CCc2ccccc2NC1=O. The number of benzene rings is 2. The van der Waals surface area contributed by atoms with Crippen LogP contribution < -0.4 is 16.0 Å². The summed E-state index contributed by atoms with van der Waals surface area (Å²) in [5, 5.41) is 8.32. The van der Waals surface area contributed by atoms with Gasteiger partial charge in [0.1, 0.15) is 12.6 Å². The molecule has 0 aliphatic carbocycles. The molecule has 0 saturated heterocycles. The van der Waals surface area contributed by atoms with Crippen molar-refractivity contribution in [1.82, 2.24) is 10.6 Å². The van der Waals surface area contributed by atoms with E-state index in [-0.39, 0.29) is 25.0 Å². The lowest BCUT2D eigenvalue weighted by molar-refractivity contribution is -0.132. The average Bonchev–Trinajstić information content (AvgIpc) is 2.90. The van der Waals surface area contributed by atoms with Gasteiger partial charge in [0.05, 0.1) is 5.41 Å². The second-order valence-corrected chi connectivity index (χ2v) is 8.01. The molecule has 0 saturated carbocycles. The van der Waals surface area contributed by atoms with Crippen LogP contribution in [-0.2, 0) is 27.4 Å². The van der Waals surface area contributed by atoms with E-state index in [9.17, 15) is 14.4 Å². The van der Waals surface area contributed by atoms with E-state index in [4.69, 9.17) is 4.74 Å². The number of nitrogens with one attached hydrogen (secondary N) is 3. The zero-order chi connectivity index (χ0) is 21.6. The lowest BCUT2D eigenvalue weighted by Gasteiger charge is -2.26. The minimum absolute atomic E-state index is 0.0843. The van der Waals surface area contributed by atoms with E-state index >= 15 is 0 Å². The number of hydrogen-bond acceptors (Lipinski definition) is 4. The van der Waals surface area contributed by atoms with Crippen LogP contribution in [0.4, 0.5) is 10.5 Å². The quantitative estimate of drug-likeness (QED) is 0.683. The number of anilines is 1. The molecule has 3 rings (SSSR count). The van der Waals surface area contributed by atoms with Crippen molar-refractivity contribution in [2.75, 3.05) is 11.9 Å². The van der Waals surface area contributed by atoms with Gasteiger partial charge in [-0.25, -0.2) is 4.79 Å². The molecule has 7 heteroatoms. The molecule has 3 amide bonds. The Hall–Kier alpha value is -3.35. The first-order valence-electron chi connectivity index (χ1n) is 9.99. The van der Waals surface area contributed by atoms with Gasteiger partial charge in [-0.2, -0.15) is 0 Å². The highest BCUT2D eigenvalue weighted by Crippen LogP contribution is 2.22. The van der Waals surface area contributed by atoms with Crippen LogP contribution in [0.3, 0.4) is 0 Å². The van der Waals surface area contributed by atoms with Gasteiger partial charge in [0.25, 0.3) is 0 Å². The van der Waals surface area contributed by atoms with Crippen LogP contribution in [-0.4, -0.2) is 30.5 Å². The maximum absolute atomic E-state index is 12.8. The zero-order valence-electron chi connectivity index (χ0n) is 17.2. The minimum atomic E-state index is -0.912. The van der Waals surface area contributed by atoms with Crippen LogP contribution in [0.5, 0.6) is 0 Å². The summed E-state index contributed by atoms with van der Waals surface area (Å²) in [5.74, 6) is -0.545. The summed E-state index contributed by atoms with van der Waals surface area (Å²) in [4.78, 5) is 37.3. The van der Waals surface area contributed by atoms with Crippen molar-refractivity contribution in [2.24, 2.45) is 5.41 Å². The molecule has 1 heterocycles. The fraction of sp³-hybridized carbons (Fsp3) is 0.348. The number of para-hydroxylation sites is 1. The monoisotopic (exact) mass is 409 g/mol. The lowest BCUT2D eigenvalue weighted by atomic mass is 9.91. The van der Waals surface area contributed by atoms with E-state index < -0.39 is 17.6 Å². The highest BCUT2D eigenvalue weighted by atomic mass is 16.5. The van der Waals surface area contributed by atoms with Gasteiger partial charge in [0.2, 0.25) is 11.8 Å². The number of carbonyl (C=O) groups is 3. The highest BCUT2D eigenvalue weighted by Gasteiger charge is 2.33. The molecular weight excluding hydrogens is 382 g/mol. The molecule has 30 heavy (non-hydrogen) atoms. The third kappa shape index (κ3) is 5.59. The van der Waals surface area contributed by atoms with E-state index in [2.05, 4.69) is 16.0 Å². The summed E-state index contributed by atoms with van der Waals surface area (Å²) in [6.45, 7) is 3.66. The number of ether oxygens (including phenoxy) is 1. The summed E-state index contributed by atoms with van der Waals surface area (Å²) in [7, 11) is 0. The van der Waals surface area contributed by atoms with Crippen molar-refractivity contribution in [1.29, 1.82) is 0 Å². The van der Waals surface area contributed by atoms with Crippen molar-refractivity contribution < 1.29 is 19.1 Å². The molecule has 2 aromatic rings. The highest BCUT2D eigenvalue weighted by molar-refractivity contribution is 5.99. The van der Waals surface area contributed by atoms with Crippen LogP contribution in [0.1, 0.15) is 31.4 Å². The smallest absolute Gasteiger partial charge is 0.407 e. The van der Waals surface area contributed by atoms with E-state index in [1.807, 2.05) is 54.6 Å². The predicted molar refractivity (Wildman–Crippen MR) is 114 cm³/mol. The lowest BCUT2D eigenvalue weighted by Crippen LogP contribution is -2.51. The van der Waals surface area contributed by atoms with Gasteiger partial charge in [-0.3, -0.25) is 9.59 Å². The fourth-order valence-electron chi connectivity index (χ4n) is 3.15. The molecule has 0 fully saturated rings. The standard InChI is InChI=1S/C23H27N3O4/c1-23(2,15-24-22(29)30-14-16-8-4-3-5-9-16)21(28)26-19-13-12-17-10-6-7-11-18(17)25-20(19)27/h3-11,19H,12-15H2,1-2H3,(H,24,29)(H,25,27)(H,26,28)/t19-/m1/s1. The first kappa shape index (κ1) is 21.4. The second-order valence-electron chi connectivity index (χ2n) is 8.01. The summed E-state index contributed by atoms with van der Waals surface area (Å²) in [6.07, 6.45) is 0.601. The molecule has 3 N–H and O–H groups in total. The Labute approximate surface area is 176 Å². The van der Waals surface area contributed by atoms with Gasteiger partial charge in [0.15, 0.2) is 0 Å². The van der Waals surface area contributed by atoms with Crippen LogP contribution in [0.25, 0.3) is 0 Å². The summed E-state index contributed by atoms with van der Waals surface area (Å²) in [5.41, 5.74) is 1.79. The van der Waals surface area contributed by atoms with Crippen molar-refractivity contribution >= 4 is 23.6 Å². The van der Waals surface area contributed by atoms with Crippen LogP contribution in [0.15, 0.2) is 54.6 Å². The topological polar surface area (TPSA) is 96.5 Å². The molecule has 0 spiro atoms. The molecule has 1 atom stereocenters. The average molecular weight is 409 g/mol. The number of hydrogen-bond donors (Lipinski definition) is 3. The maximum atomic E-state index is 12.8. The molecule has 0 bridgehead atoms.